The smallest absolute Gasteiger partial charge is 0.123 e. The molecular formula is C14H21FN2O2. The minimum absolute atomic E-state index is 0.00861. The molecule has 0 saturated carbocycles. The van der Waals surface area contributed by atoms with Gasteiger partial charge < -0.3 is 15.6 Å². The average Bonchev–Trinajstić information content (AvgIpc) is 2.39. The van der Waals surface area contributed by atoms with Crippen LogP contribution >= 0.6 is 0 Å². The Bertz CT molecular complexity index is 414. The van der Waals surface area contributed by atoms with Crippen LogP contribution in [0.1, 0.15) is 18.5 Å². The Hall–Kier alpha value is -1.01. The van der Waals surface area contributed by atoms with E-state index in [-0.39, 0.29) is 30.6 Å². The molecule has 0 aliphatic carbocycles. The molecule has 4 nitrogen and oxygen atoms in total. The maximum Gasteiger partial charge on any atom is 0.123 e. The van der Waals surface area contributed by atoms with E-state index in [1.165, 1.54) is 12.1 Å². The minimum atomic E-state index is -0.255. The molecule has 0 spiro atoms. The maximum absolute atomic E-state index is 13.4. The number of aliphatic hydroxyl groups excluding tert-OH is 1. The van der Waals surface area contributed by atoms with Gasteiger partial charge >= 0.3 is 0 Å². The van der Waals surface area contributed by atoms with Crippen molar-refractivity contribution in [2.75, 3.05) is 26.3 Å². The minimum Gasteiger partial charge on any atom is -0.394 e. The van der Waals surface area contributed by atoms with Crippen LogP contribution in [0.15, 0.2) is 24.3 Å². The standard InChI is InChI=1S/C14H21FN2O2/c1-10(16)14(11-3-2-4-12(15)7-11)17-5-6-19-13(8-17)9-18/h2-4,7,10,13-14,18H,5-6,8-9,16H2,1H3. The number of benzene rings is 1. The third-order valence-electron chi connectivity index (χ3n) is 3.46. The van der Waals surface area contributed by atoms with Crippen LogP contribution in [0.5, 0.6) is 0 Å². The fraction of sp³-hybridized carbons (Fsp3) is 0.571. The Morgan fingerprint density at radius 1 is 1.58 bits per heavy atom. The Labute approximate surface area is 113 Å². The van der Waals surface area contributed by atoms with Gasteiger partial charge in [-0.1, -0.05) is 12.1 Å². The van der Waals surface area contributed by atoms with Gasteiger partial charge in [-0.3, -0.25) is 4.90 Å². The van der Waals surface area contributed by atoms with E-state index in [1.807, 2.05) is 13.0 Å². The summed E-state index contributed by atoms with van der Waals surface area (Å²) in [7, 11) is 0. The van der Waals surface area contributed by atoms with Gasteiger partial charge in [-0.25, -0.2) is 4.39 Å². The van der Waals surface area contributed by atoms with Crippen molar-refractivity contribution in [2.24, 2.45) is 5.73 Å². The summed E-state index contributed by atoms with van der Waals surface area (Å²) in [5, 5.41) is 9.20. The topological polar surface area (TPSA) is 58.7 Å². The number of ether oxygens (including phenoxy) is 1. The van der Waals surface area contributed by atoms with Crippen LogP contribution in [0.4, 0.5) is 4.39 Å². The number of rotatable bonds is 4. The van der Waals surface area contributed by atoms with E-state index < -0.39 is 0 Å². The summed E-state index contributed by atoms with van der Waals surface area (Å²) in [4.78, 5) is 2.16. The van der Waals surface area contributed by atoms with Crippen molar-refractivity contribution in [3.05, 3.63) is 35.6 Å². The van der Waals surface area contributed by atoms with Crippen LogP contribution in [0.2, 0.25) is 0 Å². The molecule has 0 amide bonds. The van der Waals surface area contributed by atoms with Crippen LogP contribution in [-0.2, 0) is 4.74 Å². The van der Waals surface area contributed by atoms with Crippen molar-refractivity contribution in [3.8, 4) is 0 Å². The molecule has 3 N–H and O–H groups in total. The lowest BCUT2D eigenvalue weighted by Gasteiger charge is -2.39. The average molecular weight is 268 g/mol. The molecular weight excluding hydrogens is 247 g/mol. The quantitative estimate of drug-likeness (QED) is 0.852. The second-order valence-corrected chi connectivity index (χ2v) is 5.03. The fourth-order valence-corrected chi connectivity index (χ4v) is 2.64. The first-order valence-electron chi connectivity index (χ1n) is 6.59. The predicted molar refractivity (Wildman–Crippen MR) is 71.2 cm³/mol. The molecule has 1 aromatic rings. The van der Waals surface area contributed by atoms with Crippen molar-refractivity contribution in [1.82, 2.24) is 4.90 Å². The van der Waals surface area contributed by atoms with E-state index in [1.54, 1.807) is 6.07 Å². The monoisotopic (exact) mass is 268 g/mol. The second kappa shape index (κ2) is 6.43. The Morgan fingerprint density at radius 2 is 2.37 bits per heavy atom. The van der Waals surface area contributed by atoms with Crippen LogP contribution < -0.4 is 5.73 Å². The maximum atomic E-state index is 13.4. The van der Waals surface area contributed by atoms with Gasteiger partial charge in [0.2, 0.25) is 0 Å². The first-order valence-corrected chi connectivity index (χ1v) is 6.59. The molecule has 2 rings (SSSR count). The van der Waals surface area contributed by atoms with Gasteiger partial charge in [-0.15, -0.1) is 0 Å². The molecule has 1 aliphatic rings. The lowest BCUT2D eigenvalue weighted by atomic mass is 9.98. The molecule has 0 bridgehead atoms. The third kappa shape index (κ3) is 3.51. The normalized spacial score (nSPS) is 24.1. The highest BCUT2D eigenvalue weighted by Gasteiger charge is 2.29. The van der Waals surface area contributed by atoms with Crippen LogP contribution in [-0.4, -0.2) is 48.5 Å². The zero-order valence-electron chi connectivity index (χ0n) is 11.1. The van der Waals surface area contributed by atoms with Gasteiger partial charge in [-0.05, 0) is 24.6 Å². The first-order chi connectivity index (χ1) is 9.11. The highest BCUT2D eigenvalue weighted by Crippen LogP contribution is 2.26. The summed E-state index contributed by atoms with van der Waals surface area (Å²) in [6, 6.07) is 6.35. The molecule has 3 atom stereocenters. The molecule has 1 fully saturated rings. The number of nitrogens with zero attached hydrogens (tertiary/aromatic N) is 1. The third-order valence-corrected chi connectivity index (χ3v) is 3.46. The lowest BCUT2D eigenvalue weighted by molar-refractivity contribution is -0.0675. The molecule has 0 aromatic heterocycles. The van der Waals surface area contributed by atoms with E-state index in [0.29, 0.717) is 13.2 Å². The van der Waals surface area contributed by atoms with Crippen LogP contribution in [0, 0.1) is 5.82 Å². The second-order valence-electron chi connectivity index (χ2n) is 5.03. The van der Waals surface area contributed by atoms with Crippen molar-refractivity contribution in [3.63, 3.8) is 0 Å². The predicted octanol–water partition coefficient (Wildman–Crippen LogP) is 0.907. The lowest BCUT2D eigenvalue weighted by Crippen LogP contribution is -2.49. The summed E-state index contributed by atoms with van der Waals surface area (Å²) >= 11 is 0. The van der Waals surface area contributed by atoms with Gasteiger partial charge in [0.25, 0.3) is 0 Å². The van der Waals surface area contributed by atoms with Gasteiger partial charge in [0, 0.05) is 25.2 Å². The summed E-state index contributed by atoms with van der Waals surface area (Å²) in [6.45, 7) is 3.81. The van der Waals surface area contributed by atoms with Gasteiger partial charge in [0.15, 0.2) is 0 Å². The van der Waals surface area contributed by atoms with Crippen molar-refractivity contribution >= 4 is 0 Å². The highest BCUT2D eigenvalue weighted by atomic mass is 19.1. The summed E-state index contributed by atoms with van der Waals surface area (Å²) in [5.41, 5.74) is 6.94. The van der Waals surface area contributed by atoms with E-state index in [0.717, 1.165) is 12.1 Å². The Kier molecular flexibility index (Phi) is 4.87. The number of morpholine rings is 1. The summed E-state index contributed by atoms with van der Waals surface area (Å²) < 4.78 is 18.8. The molecule has 19 heavy (non-hydrogen) atoms. The molecule has 5 heteroatoms. The molecule has 0 radical (unpaired) electrons. The fourth-order valence-electron chi connectivity index (χ4n) is 2.64. The van der Waals surface area contributed by atoms with E-state index in [9.17, 15) is 9.50 Å². The SMILES string of the molecule is CC(N)C(c1cccc(F)c1)N1CCOC(CO)C1. The van der Waals surface area contributed by atoms with Crippen LogP contribution in [0.3, 0.4) is 0 Å². The Morgan fingerprint density at radius 3 is 3.00 bits per heavy atom. The van der Waals surface area contributed by atoms with Gasteiger partial charge in [0.1, 0.15) is 5.82 Å². The number of nitrogens with two attached hydrogens (primary N) is 1. The van der Waals surface area contributed by atoms with Crippen molar-refractivity contribution in [1.29, 1.82) is 0 Å². The van der Waals surface area contributed by atoms with Crippen molar-refractivity contribution in [2.45, 2.75) is 25.1 Å². The summed E-state index contributed by atoms with van der Waals surface area (Å²) in [5.74, 6) is -0.255. The largest absolute Gasteiger partial charge is 0.394 e. The van der Waals surface area contributed by atoms with Gasteiger partial charge in [0.05, 0.1) is 19.3 Å². The zero-order valence-corrected chi connectivity index (χ0v) is 11.1. The van der Waals surface area contributed by atoms with Crippen molar-refractivity contribution < 1.29 is 14.2 Å². The molecule has 1 aliphatic heterocycles. The van der Waals surface area contributed by atoms with E-state index >= 15 is 0 Å². The first kappa shape index (κ1) is 14.4. The number of hydrogen-bond donors (Lipinski definition) is 2. The molecule has 1 saturated heterocycles. The molecule has 106 valence electrons. The van der Waals surface area contributed by atoms with Gasteiger partial charge in [-0.2, -0.15) is 0 Å². The number of aliphatic hydroxyl groups is 1. The number of hydrogen-bond acceptors (Lipinski definition) is 4. The Balaban J connectivity index is 2.20. The summed E-state index contributed by atoms with van der Waals surface area (Å²) in [6.07, 6.45) is -0.191. The molecule has 1 heterocycles. The highest BCUT2D eigenvalue weighted by molar-refractivity contribution is 5.22. The van der Waals surface area contributed by atoms with E-state index in [4.69, 9.17) is 10.5 Å². The van der Waals surface area contributed by atoms with Crippen LogP contribution in [0.25, 0.3) is 0 Å². The van der Waals surface area contributed by atoms with E-state index in [2.05, 4.69) is 4.90 Å². The molecule has 1 aromatic carbocycles. The molecule has 3 unspecified atom stereocenters. The zero-order chi connectivity index (χ0) is 13.8. The number of halogens is 1.